The number of furan rings is 1. The van der Waals surface area contributed by atoms with Gasteiger partial charge >= 0.3 is 0 Å². The zero-order valence-electron chi connectivity index (χ0n) is 31.4. The number of fused-ring (bicyclic) bond motifs is 12. The highest BCUT2D eigenvalue weighted by Crippen LogP contribution is 2.42. The summed E-state index contributed by atoms with van der Waals surface area (Å²) in [6, 6.07) is 64.4. The fourth-order valence-corrected chi connectivity index (χ4v) is 10.1. The van der Waals surface area contributed by atoms with Gasteiger partial charge in [-0.25, -0.2) is 15.0 Å². The Labute approximate surface area is 341 Å². The number of hydrogen-bond donors (Lipinski definition) is 0. The molecule has 0 atom stereocenters. The minimum Gasteiger partial charge on any atom is -0.454 e. The standard InChI is InChI=1S/C53H30N4OS/c1-2-11-31(12-3-1)51-54-52(56-53(55-51)36-23-26-48-42(29-36)39-16-7-9-20-47(39)59-48)35-21-24-37-34(27-35)22-25-46-49(37)40-17-10-19-44(50(40)58-46)57-43-18-8-6-15-38(43)41-28-32-13-4-5-14-33(32)30-45(41)57/h1-30H. The Morgan fingerprint density at radius 1 is 0.390 bits per heavy atom. The van der Waals surface area contributed by atoms with Crippen molar-refractivity contribution in [1.82, 2.24) is 19.5 Å². The van der Waals surface area contributed by atoms with E-state index in [4.69, 9.17) is 19.4 Å². The second-order valence-corrected chi connectivity index (χ2v) is 16.3. The maximum Gasteiger partial charge on any atom is 0.164 e. The van der Waals surface area contributed by atoms with Gasteiger partial charge in [0.15, 0.2) is 23.1 Å². The summed E-state index contributed by atoms with van der Waals surface area (Å²) in [6.45, 7) is 0. The second kappa shape index (κ2) is 12.4. The zero-order valence-corrected chi connectivity index (χ0v) is 32.2. The average Bonchev–Trinajstić information content (AvgIpc) is 3.97. The molecule has 0 amide bonds. The Balaban J connectivity index is 0.985. The van der Waals surface area contributed by atoms with Gasteiger partial charge < -0.3 is 8.98 Å². The van der Waals surface area contributed by atoms with Crippen LogP contribution in [0, 0.1) is 0 Å². The molecule has 5 nitrogen and oxygen atoms in total. The van der Waals surface area contributed by atoms with E-state index in [9.17, 15) is 0 Å². The van der Waals surface area contributed by atoms with Crippen LogP contribution in [-0.4, -0.2) is 19.5 Å². The number of nitrogens with zero attached hydrogens (tertiary/aromatic N) is 4. The van der Waals surface area contributed by atoms with Crippen LogP contribution in [0.1, 0.15) is 0 Å². The highest BCUT2D eigenvalue weighted by molar-refractivity contribution is 7.25. The first-order valence-electron chi connectivity index (χ1n) is 19.8. The summed E-state index contributed by atoms with van der Waals surface area (Å²) in [5.41, 5.74) is 7.86. The molecule has 0 aliphatic rings. The van der Waals surface area contributed by atoms with Gasteiger partial charge in [-0.05, 0) is 82.2 Å². The van der Waals surface area contributed by atoms with Crippen molar-refractivity contribution in [3.05, 3.63) is 182 Å². The van der Waals surface area contributed by atoms with Gasteiger partial charge in [0.1, 0.15) is 5.58 Å². The third-order valence-corrected chi connectivity index (χ3v) is 13.0. The van der Waals surface area contributed by atoms with Crippen LogP contribution in [-0.2, 0) is 0 Å². The number of para-hydroxylation sites is 2. The van der Waals surface area contributed by atoms with Crippen LogP contribution in [0.4, 0.5) is 0 Å². The average molecular weight is 771 g/mol. The molecule has 4 heterocycles. The van der Waals surface area contributed by atoms with Crippen LogP contribution in [0.5, 0.6) is 0 Å². The first-order valence-corrected chi connectivity index (χ1v) is 20.6. The van der Waals surface area contributed by atoms with Gasteiger partial charge in [-0.15, -0.1) is 11.3 Å². The maximum atomic E-state index is 6.84. The number of aromatic nitrogens is 4. The highest BCUT2D eigenvalue weighted by atomic mass is 32.1. The zero-order chi connectivity index (χ0) is 38.6. The third-order valence-electron chi connectivity index (χ3n) is 11.8. The molecule has 13 rings (SSSR count). The number of thiophene rings is 1. The van der Waals surface area contributed by atoms with Crippen molar-refractivity contribution >= 4 is 96.8 Å². The molecule has 0 aliphatic heterocycles. The smallest absolute Gasteiger partial charge is 0.164 e. The molecule has 9 aromatic carbocycles. The van der Waals surface area contributed by atoms with E-state index in [1.54, 1.807) is 0 Å². The summed E-state index contributed by atoms with van der Waals surface area (Å²) in [4.78, 5) is 15.3. The molecule has 59 heavy (non-hydrogen) atoms. The fourth-order valence-electron chi connectivity index (χ4n) is 9.06. The van der Waals surface area contributed by atoms with Gasteiger partial charge in [0.2, 0.25) is 0 Å². The molecule has 0 saturated carbocycles. The molecule has 0 saturated heterocycles. The van der Waals surface area contributed by atoms with E-state index < -0.39 is 0 Å². The van der Waals surface area contributed by atoms with Crippen LogP contribution in [0.3, 0.4) is 0 Å². The van der Waals surface area contributed by atoms with Gasteiger partial charge in [0.25, 0.3) is 0 Å². The number of hydrogen-bond acceptors (Lipinski definition) is 5. The lowest BCUT2D eigenvalue weighted by atomic mass is 10.0. The monoisotopic (exact) mass is 770 g/mol. The van der Waals surface area contributed by atoms with Crippen LogP contribution in [0.15, 0.2) is 186 Å². The first-order chi connectivity index (χ1) is 29.2. The van der Waals surface area contributed by atoms with E-state index in [1.807, 2.05) is 29.5 Å². The second-order valence-electron chi connectivity index (χ2n) is 15.2. The van der Waals surface area contributed by atoms with Crippen molar-refractivity contribution < 1.29 is 4.42 Å². The Morgan fingerprint density at radius 3 is 1.93 bits per heavy atom. The Hall–Kier alpha value is -7.67. The molecule has 6 heteroatoms. The largest absolute Gasteiger partial charge is 0.454 e. The lowest BCUT2D eigenvalue weighted by Crippen LogP contribution is -2.00. The van der Waals surface area contributed by atoms with Gasteiger partial charge in [-0.3, -0.25) is 0 Å². The quantitative estimate of drug-likeness (QED) is 0.179. The van der Waals surface area contributed by atoms with Crippen molar-refractivity contribution in [3.8, 4) is 39.9 Å². The molecule has 0 N–H and O–H groups in total. The Kier molecular flexibility index (Phi) is 6.82. The normalized spacial score (nSPS) is 12.1. The van der Waals surface area contributed by atoms with Crippen molar-refractivity contribution in [2.75, 3.05) is 0 Å². The SMILES string of the molecule is c1ccc(-c2nc(-c3ccc4c(ccc5oc6c(-n7c8ccccc8c8cc9ccccc9cc87)cccc6c54)c3)nc(-c3ccc4sc5ccccc5c4c3)n2)cc1. The predicted molar refractivity (Wildman–Crippen MR) is 246 cm³/mol. The molecule has 0 bridgehead atoms. The van der Waals surface area contributed by atoms with Gasteiger partial charge in [-0.2, -0.15) is 0 Å². The molecular formula is C53H30N4OS. The number of rotatable bonds is 4. The predicted octanol–water partition coefficient (Wildman–Crippen LogP) is 14.5. The Bertz CT molecular complexity index is 3860. The molecule has 4 aromatic heterocycles. The van der Waals surface area contributed by atoms with E-state index in [-0.39, 0.29) is 0 Å². The van der Waals surface area contributed by atoms with Crippen LogP contribution < -0.4 is 0 Å². The third kappa shape index (κ3) is 4.94. The van der Waals surface area contributed by atoms with E-state index in [0.29, 0.717) is 17.5 Å². The molecule has 274 valence electrons. The lowest BCUT2D eigenvalue weighted by Gasteiger charge is -2.10. The molecule has 0 fully saturated rings. The molecule has 0 radical (unpaired) electrons. The Morgan fingerprint density at radius 2 is 1.07 bits per heavy atom. The van der Waals surface area contributed by atoms with Crippen molar-refractivity contribution in [1.29, 1.82) is 0 Å². The molecule has 0 unspecified atom stereocenters. The van der Waals surface area contributed by atoms with Gasteiger partial charge in [-0.1, -0.05) is 121 Å². The van der Waals surface area contributed by atoms with Crippen LogP contribution in [0.2, 0.25) is 0 Å². The summed E-state index contributed by atoms with van der Waals surface area (Å²) in [7, 11) is 0. The summed E-state index contributed by atoms with van der Waals surface area (Å²) < 4.78 is 11.7. The van der Waals surface area contributed by atoms with E-state index in [0.717, 1.165) is 66.1 Å². The highest BCUT2D eigenvalue weighted by Gasteiger charge is 2.20. The molecule has 0 aliphatic carbocycles. The van der Waals surface area contributed by atoms with Crippen molar-refractivity contribution in [3.63, 3.8) is 0 Å². The van der Waals surface area contributed by atoms with E-state index >= 15 is 0 Å². The molecular weight excluding hydrogens is 741 g/mol. The topological polar surface area (TPSA) is 56.7 Å². The summed E-state index contributed by atoms with van der Waals surface area (Å²) in [6.07, 6.45) is 0. The number of benzene rings is 9. The van der Waals surface area contributed by atoms with Gasteiger partial charge in [0.05, 0.1) is 16.7 Å². The first kappa shape index (κ1) is 32.4. The van der Waals surface area contributed by atoms with Crippen molar-refractivity contribution in [2.45, 2.75) is 0 Å². The van der Waals surface area contributed by atoms with E-state index in [2.05, 4.69) is 168 Å². The van der Waals surface area contributed by atoms with Gasteiger partial charge in [0, 0.05) is 58.4 Å². The minimum absolute atomic E-state index is 0.629. The van der Waals surface area contributed by atoms with Crippen molar-refractivity contribution in [2.24, 2.45) is 0 Å². The van der Waals surface area contributed by atoms with Crippen LogP contribution >= 0.6 is 11.3 Å². The van der Waals surface area contributed by atoms with E-state index in [1.165, 1.54) is 41.7 Å². The maximum absolute atomic E-state index is 6.84. The lowest BCUT2D eigenvalue weighted by molar-refractivity contribution is 0.666. The summed E-state index contributed by atoms with van der Waals surface area (Å²) in [5, 5.41) is 11.7. The molecule has 13 aromatic rings. The summed E-state index contributed by atoms with van der Waals surface area (Å²) in [5.74, 6) is 1.92. The van der Waals surface area contributed by atoms with Crippen LogP contribution in [0.25, 0.3) is 125 Å². The molecule has 0 spiro atoms. The minimum atomic E-state index is 0.629. The fraction of sp³-hybridized carbons (Fsp3) is 0. The summed E-state index contributed by atoms with van der Waals surface area (Å²) >= 11 is 1.81.